The largest absolute Gasteiger partial charge is 0.326 e. The van der Waals surface area contributed by atoms with Crippen molar-refractivity contribution in [2.75, 3.05) is 18.4 Å². The summed E-state index contributed by atoms with van der Waals surface area (Å²) in [7, 11) is -3.48. The molecule has 0 unspecified atom stereocenters. The standard InChI is InChI=1S/C21H25ClN2O3S/c1-15-6-3-4-7-18(15)14-28(26,27)24-11-5-8-17(13-24)21(25)23-19-10-9-16(2)20(22)12-19/h3-4,6-7,9-10,12,17H,5,8,11,13-14H2,1-2H3,(H,23,25)/t17-/m0/s1. The summed E-state index contributed by atoms with van der Waals surface area (Å²) in [6, 6.07) is 12.8. The van der Waals surface area contributed by atoms with Crippen LogP contribution in [-0.4, -0.2) is 31.7 Å². The first-order valence-electron chi connectivity index (χ1n) is 9.35. The molecule has 28 heavy (non-hydrogen) atoms. The zero-order valence-corrected chi connectivity index (χ0v) is 17.7. The number of carbonyl (C=O) groups excluding carboxylic acids is 1. The lowest BCUT2D eigenvalue weighted by atomic mass is 9.98. The number of sulfonamides is 1. The highest BCUT2D eigenvalue weighted by atomic mass is 35.5. The second-order valence-electron chi connectivity index (χ2n) is 7.33. The van der Waals surface area contributed by atoms with Crippen molar-refractivity contribution in [1.82, 2.24) is 4.31 Å². The number of halogens is 1. The molecule has 1 aliphatic rings. The Kier molecular flexibility index (Phi) is 6.43. The fourth-order valence-electron chi connectivity index (χ4n) is 3.38. The van der Waals surface area contributed by atoms with Gasteiger partial charge in [-0.05, 0) is 55.5 Å². The number of rotatable bonds is 5. The number of nitrogens with zero attached hydrogens (tertiary/aromatic N) is 1. The molecule has 1 N–H and O–H groups in total. The normalized spacial score (nSPS) is 18.0. The summed E-state index contributed by atoms with van der Waals surface area (Å²) in [5, 5.41) is 3.45. The first-order chi connectivity index (χ1) is 13.3. The fourth-order valence-corrected chi connectivity index (χ4v) is 5.28. The van der Waals surface area contributed by atoms with Crippen molar-refractivity contribution in [2.45, 2.75) is 32.4 Å². The number of amides is 1. The van der Waals surface area contributed by atoms with Gasteiger partial charge in [-0.15, -0.1) is 0 Å². The van der Waals surface area contributed by atoms with E-state index in [4.69, 9.17) is 11.6 Å². The molecule has 1 heterocycles. The van der Waals surface area contributed by atoms with Crippen LogP contribution in [0.3, 0.4) is 0 Å². The zero-order valence-electron chi connectivity index (χ0n) is 16.1. The third-order valence-corrected chi connectivity index (χ3v) is 7.39. The summed E-state index contributed by atoms with van der Waals surface area (Å²) in [5.41, 5.74) is 3.31. The topological polar surface area (TPSA) is 66.5 Å². The molecule has 3 rings (SSSR count). The van der Waals surface area contributed by atoms with Gasteiger partial charge in [0.25, 0.3) is 0 Å². The highest BCUT2D eigenvalue weighted by Crippen LogP contribution is 2.25. The van der Waals surface area contributed by atoms with Gasteiger partial charge in [0.1, 0.15) is 0 Å². The van der Waals surface area contributed by atoms with Crippen molar-refractivity contribution in [1.29, 1.82) is 0 Å². The van der Waals surface area contributed by atoms with Crippen LogP contribution in [0.1, 0.15) is 29.5 Å². The molecule has 5 nitrogen and oxygen atoms in total. The van der Waals surface area contributed by atoms with Gasteiger partial charge < -0.3 is 5.32 Å². The minimum Gasteiger partial charge on any atom is -0.326 e. The van der Waals surface area contributed by atoms with Crippen molar-refractivity contribution < 1.29 is 13.2 Å². The predicted molar refractivity (Wildman–Crippen MR) is 113 cm³/mol. The molecule has 1 aliphatic heterocycles. The third kappa shape index (κ3) is 4.93. The summed E-state index contributed by atoms with van der Waals surface area (Å²) in [6.45, 7) is 4.46. The molecular weight excluding hydrogens is 396 g/mol. The first-order valence-corrected chi connectivity index (χ1v) is 11.3. The lowest BCUT2D eigenvalue weighted by Gasteiger charge is -2.31. The van der Waals surface area contributed by atoms with Crippen LogP contribution >= 0.6 is 11.6 Å². The average molecular weight is 421 g/mol. The molecule has 150 valence electrons. The number of hydrogen-bond acceptors (Lipinski definition) is 3. The SMILES string of the molecule is Cc1ccc(NC(=O)[C@H]2CCCN(S(=O)(=O)Cc3ccccc3C)C2)cc1Cl. The number of nitrogens with one attached hydrogen (secondary N) is 1. The monoisotopic (exact) mass is 420 g/mol. The summed E-state index contributed by atoms with van der Waals surface area (Å²) >= 11 is 6.12. The number of aryl methyl sites for hydroxylation is 2. The lowest BCUT2D eigenvalue weighted by Crippen LogP contribution is -2.44. The van der Waals surface area contributed by atoms with E-state index >= 15 is 0 Å². The van der Waals surface area contributed by atoms with Crippen molar-refractivity contribution in [3.8, 4) is 0 Å². The highest BCUT2D eigenvalue weighted by molar-refractivity contribution is 7.88. The minimum absolute atomic E-state index is 0.0401. The van der Waals surface area contributed by atoms with E-state index in [1.54, 1.807) is 12.1 Å². The number of benzene rings is 2. The Morgan fingerprint density at radius 2 is 1.93 bits per heavy atom. The van der Waals surface area contributed by atoms with Crippen molar-refractivity contribution >= 4 is 33.2 Å². The van der Waals surface area contributed by atoms with Crippen molar-refractivity contribution in [3.63, 3.8) is 0 Å². The maximum Gasteiger partial charge on any atom is 0.228 e. The summed E-state index contributed by atoms with van der Waals surface area (Å²) in [5.74, 6) is -0.585. The molecule has 0 saturated carbocycles. The maximum atomic E-state index is 12.9. The minimum atomic E-state index is -3.48. The lowest BCUT2D eigenvalue weighted by molar-refractivity contribution is -0.120. The van der Waals surface area contributed by atoms with Crippen LogP contribution in [0.5, 0.6) is 0 Å². The third-order valence-electron chi connectivity index (χ3n) is 5.19. The second-order valence-corrected chi connectivity index (χ2v) is 9.71. The molecule has 1 atom stereocenters. The van der Waals surface area contributed by atoms with Crippen LogP contribution in [-0.2, 0) is 20.6 Å². The Balaban J connectivity index is 1.68. The van der Waals surface area contributed by atoms with Gasteiger partial charge in [-0.2, -0.15) is 0 Å². The molecule has 1 amide bonds. The van der Waals surface area contributed by atoms with E-state index in [2.05, 4.69) is 5.32 Å². The van der Waals surface area contributed by atoms with E-state index in [-0.39, 0.29) is 24.1 Å². The zero-order chi connectivity index (χ0) is 20.3. The Morgan fingerprint density at radius 3 is 2.64 bits per heavy atom. The van der Waals surface area contributed by atoms with Crippen molar-refractivity contribution in [2.24, 2.45) is 5.92 Å². The number of piperidine rings is 1. The second kappa shape index (κ2) is 8.64. The Morgan fingerprint density at radius 1 is 1.18 bits per heavy atom. The van der Waals surface area contributed by atoms with Crippen molar-refractivity contribution in [3.05, 3.63) is 64.2 Å². The average Bonchev–Trinajstić information content (AvgIpc) is 2.66. The van der Waals surface area contributed by atoms with Gasteiger partial charge in [0, 0.05) is 23.8 Å². The molecule has 1 fully saturated rings. The van der Waals surface area contributed by atoms with Crippen LogP contribution in [0, 0.1) is 19.8 Å². The maximum absolute atomic E-state index is 12.9. The summed E-state index contributed by atoms with van der Waals surface area (Å²) in [6.07, 6.45) is 1.33. The molecule has 0 aliphatic carbocycles. The molecule has 1 saturated heterocycles. The quantitative estimate of drug-likeness (QED) is 0.790. The van der Waals surface area contributed by atoms with Gasteiger partial charge in [0.05, 0.1) is 11.7 Å². The molecule has 7 heteroatoms. The van der Waals surface area contributed by atoms with Gasteiger partial charge >= 0.3 is 0 Å². The van der Waals surface area contributed by atoms with Crippen LogP contribution < -0.4 is 5.32 Å². The molecule has 2 aromatic rings. The van der Waals surface area contributed by atoms with Crippen LogP contribution in [0.15, 0.2) is 42.5 Å². The molecule has 0 aromatic heterocycles. The van der Waals surface area contributed by atoms with Crippen LogP contribution in [0.25, 0.3) is 0 Å². The first kappa shape index (κ1) is 20.8. The molecule has 0 spiro atoms. The van der Waals surface area contributed by atoms with Gasteiger partial charge in [-0.25, -0.2) is 12.7 Å². The van der Waals surface area contributed by atoms with E-state index in [1.165, 1.54) is 4.31 Å². The van der Waals surface area contributed by atoms with Gasteiger partial charge in [-0.3, -0.25) is 4.79 Å². The van der Waals surface area contributed by atoms with E-state index < -0.39 is 10.0 Å². The number of anilines is 1. The van der Waals surface area contributed by atoms with Crippen LogP contribution in [0.4, 0.5) is 5.69 Å². The van der Waals surface area contributed by atoms with E-state index in [0.29, 0.717) is 30.1 Å². The smallest absolute Gasteiger partial charge is 0.228 e. The predicted octanol–water partition coefficient (Wildman–Crippen LogP) is 4.14. The summed E-state index contributed by atoms with van der Waals surface area (Å²) < 4.78 is 27.2. The van der Waals surface area contributed by atoms with Gasteiger partial charge in [0.2, 0.25) is 15.9 Å². The van der Waals surface area contributed by atoms with Gasteiger partial charge in [-0.1, -0.05) is 41.9 Å². The highest BCUT2D eigenvalue weighted by Gasteiger charge is 2.32. The van der Waals surface area contributed by atoms with E-state index in [1.807, 2.05) is 44.2 Å². The molecule has 0 radical (unpaired) electrons. The Bertz CT molecular complexity index is 975. The van der Waals surface area contributed by atoms with E-state index in [9.17, 15) is 13.2 Å². The fraction of sp³-hybridized carbons (Fsp3) is 0.381. The Labute approximate surface area is 171 Å². The van der Waals surface area contributed by atoms with Gasteiger partial charge in [0.15, 0.2) is 0 Å². The summed E-state index contributed by atoms with van der Waals surface area (Å²) in [4.78, 5) is 12.7. The molecule has 2 aromatic carbocycles. The number of hydrogen-bond donors (Lipinski definition) is 1. The number of carbonyl (C=O) groups is 1. The van der Waals surface area contributed by atoms with Crippen LogP contribution in [0.2, 0.25) is 5.02 Å². The van der Waals surface area contributed by atoms with E-state index in [0.717, 1.165) is 16.7 Å². The molecular formula is C21H25ClN2O3S. The Hall–Kier alpha value is -1.89. The molecule has 0 bridgehead atoms.